The number of ether oxygens (including phenoxy) is 1. The summed E-state index contributed by atoms with van der Waals surface area (Å²) in [6.45, 7) is 2.68. The number of thioether (sulfide) groups is 1. The van der Waals surface area contributed by atoms with Gasteiger partial charge in [0, 0.05) is 64.6 Å². The summed E-state index contributed by atoms with van der Waals surface area (Å²) < 4.78 is 5.56. The van der Waals surface area contributed by atoms with Crippen molar-refractivity contribution >= 4 is 62.8 Å². The van der Waals surface area contributed by atoms with E-state index in [1.165, 1.54) is 45.8 Å². The van der Waals surface area contributed by atoms with Gasteiger partial charge in [0.1, 0.15) is 0 Å². The number of nitrogens with two attached hydrogens (primary N) is 2. The van der Waals surface area contributed by atoms with E-state index in [0.717, 1.165) is 31.7 Å². The number of thiazole rings is 3. The summed E-state index contributed by atoms with van der Waals surface area (Å²) >= 11 is 5.77. The smallest absolute Gasteiger partial charge is 0.307 e. The fraction of sp³-hybridized carbons (Fsp3) is 0.538. The topological polar surface area (TPSA) is 193 Å². The SMILES string of the molecule is Cc1ncsc1C(COC(=O)CCN)Cc1ncsc1C(CSC(=O)CN)Cc1ncsc1CCNC(=O)CCN=O. The highest BCUT2D eigenvalue weighted by Gasteiger charge is 2.26. The zero-order chi connectivity index (χ0) is 30.3. The molecule has 0 saturated heterocycles. The lowest BCUT2D eigenvalue weighted by Gasteiger charge is -2.19. The van der Waals surface area contributed by atoms with Crippen LogP contribution in [0.3, 0.4) is 0 Å². The molecule has 228 valence electrons. The summed E-state index contributed by atoms with van der Waals surface area (Å²) in [6, 6.07) is 0. The maximum Gasteiger partial charge on any atom is 0.307 e. The summed E-state index contributed by atoms with van der Waals surface area (Å²) in [6.07, 6.45) is 1.93. The fourth-order valence-corrected chi connectivity index (χ4v) is 7.75. The first kappa shape index (κ1) is 33.9. The number of esters is 1. The van der Waals surface area contributed by atoms with Crippen molar-refractivity contribution in [2.75, 3.05) is 38.5 Å². The standard InChI is InChI=1S/C26H35N7O5S4/c1-16-25(41-13-30-16)17(11-38-23(35)2-5-27)8-20-26(42-15-32-20)18(12-39-24(36)10-28)9-19-21(40-14-31-19)3-6-29-22(34)4-7-33-37/h13-15,17-18H,2-12,27-28H2,1H3,(H,29,34). The molecule has 0 aromatic carbocycles. The molecule has 0 fully saturated rings. The van der Waals surface area contributed by atoms with Gasteiger partial charge < -0.3 is 21.5 Å². The third kappa shape index (κ3) is 10.6. The van der Waals surface area contributed by atoms with Gasteiger partial charge in [0.25, 0.3) is 0 Å². The van der Waals surface area contributed by atoms with Crippen molar-refractivity contribution in [3.05, 3.63) is 53.2 Å². The van der Waals surface area contributed by atoms with Gasteiger partial charge >= 0.3 is 5.97 Å². The molecule has 3 aromatic rings. The molecule has 1 amide bonds. The normalized spacial score (nSPS) is 12.5. The molecule has 3 aromatic heterocycles. The second-order valence-electron chi connectivity index (χ2n) is 9.30. The van der Waals surface area contributed by atoms with Crippen LogP contribution in [0.25, 0.3) is 0 Å². The Balaban J connectivity index is 1.79. The Labute approximate surface area is 260 Å². The molecule has 0 aliphatic heterocycles. The monoisotopic (exact) mass is 653 g/mol. The van der Waals surface area contributed by atoms with E-state index in [-0.39, 0.29) is 67.9 Å². The number of carbonyl (C=O) groups is 3. The third-order valence-electron chi connectivity index (χ3n) is 6.31. The first-order chi connectivity index (χ1) is 20.4. The number of amides is 1. The summed E-state index contributed by atoms with van der Waals surface area (Å²) in [5.74, 6) is -0.251. The van der Waals surface area contributed by atoms with E-state index in [0.29, 0.717) is 31.6 Å². The predicted molar refractivity (Wildman–Crippen MR) is 167 cm³/mol. The minimum absolute atomic E-state index is 0.0464. The number of hydrogen-bond donors (Lipinski definition) is 3. The van der Waals surface area contributed by atoms with Crippen molar-refractivity contribution in [1.82, 2.24) is 20.3 Å². The summed E-state index contributed by atoms with van der Waals surface area (Å²) in [5, 5.41) is 5.44. The number of carbonyl (C=O) groups excluding carboxylic acids is 3. The zero-order valence-corrected chi connectivity index (χ0v) is 26.5. The number of rotatable bonds is 19. The molecule has 0 radical (unpaired) electrons. The molecule has 2 unspecified atom stereocenters. The van der Waals surface area contributed by atoms with Gasteiger partial charge in [-0.1, -0.05) is 16.9 Å². The number of nitrogens with one attached hydrogen (secondary N) is 1. The zero-order valence-electron chi connectivity index (χ0n) is 23.3. The second-order valence-corrected chi connectivity index (χ2v) is 13.1. The molecule has 3 heterocycles. The van der Waals surface area contributed by atoms with E-state index in [1.54, 1.807) is 16.5 Å². The Morgan fingerprint density at radius 3 is 2.43 bits per heavy atom. The van der Waals surface area contributed by atoms with Crippen LogP contribution in [-0.4, -0.2) is 70.5 Å². The molecule has 5 N–H and O–H groups in total. The highest BCUT2D eigenvalue weighted by Crippen LogP contribution is 2.35. The van der Waals surface area contributed by atoms with E-state index in [9.17, 15) is 19.3 Å². The fourth-order valence-electron chi connectivity index (χ4n) is 4.24. The van der Waals surface area contributed by atoms with Crippen LogP contribution in [0, 0.1) is 11.8 Å². The lowest BCUT2D eigenvalue weighted by atomic mass is 9.95. The van der Waals surface area contributed by atoms with Crippen molar-refractivity contribution in [1.29, 1.82) is 0 Å². The van der Waals surface area contributed by atoms with Gasteiger partial charge in [-0.3, -0.25) is 14.4 Å². The van der Waals surface area contributed by atoms with Gasteiger partial charge in [0.2, 0.25) is 11.0 Å². The number of aryl methyl sites for hydroxylation is 1. The van der Waals surface area contributed by atoms with Crippen molar-refractivity contribution in [2.24, 2.45) is 16.6 Å². The minimum Gasteiger partial charge on any atom is -0.465 e. The third-order valence-corrected chi connectivity index (χ3v) is 10.4. The van der Waals surface area contributed by atoms with E-state index < -0.39 is 0 Å². The Morgan fingerprint density at radius 1 is 1.00 bits per heavy atom. The summed E-state index contributed by atoms with van der Waals surface area (Å²) in [4.78, 5) is 63.2. The van der Waals surface area contributed by atoms with Gasteiger partial charge in [-0.2, -0.15) is 4.91 Å². The molecular weight excluding hydrogens is 619 g/mol. The van der Waals surface area contributed by atoms with Crippen molar-refractivity contribution in [3.63, 3.8) is 0 Å². The van der Waals surface area contributed by atoms with Crippen LogP contribution in [0.5, 0.6) is 0 Å². The molecule has 42 heavy (non-hydrogen) atoms. The lowest BCUT2D eigenvalue weighted by Crippen LogP contribution is -2.26. The number of nitrogens with zero attached hydrogens (tertiary/aromatic N) is 4. The quantitative estimate of drug-likeness (QED) is 0.127. The predicted octanol–water partition coefficient (Wildman–Crippen LogP) is 2.94. The Morgan fingerprint density at radius 2 is 1.71 bits per heavy atom. The van der Waals surface area contributed by atoms with Gasteiger partial charge in [0.05, 0.1) is 59.7 Å². The molecule has 0 bridgehead atoms. The van der Waals surface area contributed by atoms with Crippen LogP contribution in [0.15, 0.2) is 21.7 Å². The van der Waals surface area contributed by atoms with Gasteiger partial charge in [0.15, 0.2) is 0 Å². The molecule has 0 saturated carbocycles. The van der Waals surface area contributed by atoms with E-state index in [2.05, 4.69) is 20.5 Å². The van der Waals surface area contributed by atoms with Crippen LogP contribution < -0.4 is 16.8 Å². The molecule has 16 heteroatoms. The largest absolute Gasteiger partial charge is 0.465 e. The lowest BCUT2D eigenvalue weighted by molar-refractivity contribution is -0.144. The highest BCUT2D eigenvalue weighted by molar-refractivity contribution is 8.13. The van der Waals surface area contributed by atoms with Crippen LogP contribution in [-0.2, 0) is 38.4 Å². The van der Waals surface area contributed by atoms with Crippen molar-refractivity contribution in [2.45, 2.75) is 50.9 Å². The van der Waals surface area contributed by atoms with E-state index >= 15 is 0 Å². The first-order valence-corrected chi connectivity index (χ1v) is 17.0. The van der Waals surface area contributed by atoms with Gasteiger partial charge in [-0.15, -0.1) is 34.0 Å². The van der Waals surface area contributed by atoms with Crippen LogP contribution in [0.1, 0.15) is 56.4 Å². The average molecular weight is 654 g/mol. The molecule has 3 rings (SSSR count). The molecule has 0 aliphatic rings. The first-order valence-electron chi connectivity index (χ1n) is 13.4. The van der Waals surface area contributed by atoms with Crippen LogP contribution >= 0.6 is 45.8 Å². The van der Waals surface area contributed by atoms with Gasteiger partial charge in [-0.05, 0) is 13.3 Å². The minimum atomic E-state index is -0.342. The van der Waals surface area contributed by atoms with Gasteiger partial charge in [-0.25, -0.2) is 15.0 Å². The van der Waals surface area contributed by atoms with Crippen LogP contribution in [0.4, 0.5) is 0 Å². The van der Waals surface area contributed by atoms with Crippen molar-refractivity contribution < 1.29 is 19.1 Å². The molecule has 0 spiro atoms. The average Bonchev–Trinajstić information content (AvgIpc) is 3.73. The number of nitroso groups, excluding NO2 is 1. The molecule has 2 atom stereocenters. The Hall–Kier alpha value is -2.63. The summed E-state index contributed by atoms with van der Waals surface area (Å²) in [7, 11) is 0. The number of aromatic nitrogens is 3. The highest BCUT2D eigenvalue weighted by atomic mass is 32.2. The number of hydrogen-bond acceptors (Lipinski definition) is 15. The molecule has 0 aliphatic carbocycles. The molecule has 12 nitrogen and oxygen atoms in total. The second kappa shape index (κ2) is 18.1. The molecular formula is C26H35N7O5S4. The van der Waals surface area contributed by atoms with E-state index in [4.69, 9.17) is 21.2 Å². The Kier molecular flexibility index (Phi) is 14.6. The summed E-state index contributed by atoms with van der Waals surface area (Å²) in [5.41, 5.74) is 19.1. The maximum absolute atomic E-state index is 12.2. The van der Waals surface area contributed by atoms with Crippen molar-refractivity contribution in [3.8, 4) is 0 Å². The maximum atomic E-state index is 12.2. The van der Waals surface area contributed by atoms with E-state index in [1.807, 2.05) is 6.92 Å². The Bertz CT molecular complexity index is 1310. The van der Waals surface area contributed by atoms with Crippen LogP contribution in [0.2, 0.25) is 0 Å².